The number of phenols is 1. The predicted molar refractivity (Wildman–Crippen MR) is 122 cm³/mol. The Morgan fingerprint density at radius 1 is 1.16 bits per heavy atom. The molecule has 0 amide bonds. The van der Waals surface area contributed by atoms with Gasteiger partial charge in [0, 0.05) is 26.3 Å². The molecule has 1 fully saturated rings. The van der Waals surface area contributed by atoms with Crippen molar-refractivity contribution in [2.24, 2.45) is 16.9 Å². The average molecular weight is 462 g/mol. The van der Waals surface area contributed by atoms with Gasteiger partial charge in [0.05, 0.1) is 38.2 Å². The van der Waals surface area contributed by atoms with Crippen LogP contribution in [0.25, 0.3) is 0 Å². The number of esters is 2. The molecule has 1 aromatic rings. The van der Waals surface area contributed by atoms with E-state index < -0.39 is 32.5 Å². The van der Waals surface area contributed by atoms with E-state index in [1.54, 1.807) is 12.1 Å². The van der Waals surface area contributed by atoms with Crippen LogP contribution in [0.2, 0.25) is 19.1 Å². The summed E-state index contributed by atoms with van der Waals surface area (Å²) in [5.74, 6) is -2.96. The van der Waals surface area contributed by atoms with E-state index in [0.29, 0.717) is 19.4 Å². The fourth-order valence-corrected chi connectivity index (χ4v) is 5.17. The van der Waals surface area contributed by atoms with Gasteiger partial charge in [-0.15, -0.1) is 0 Å². The van der Waals surface area contributed by atoms with E-state index in [1.165, 1.54) is 0 Å². The van der Waals surface area contributed by atoms with Crippen LogP contribution in [0, 0.1) is 11.8 Å². The van der Waals surface area contributed by atoms with Crippen molar-refractivity contribution in [2.75, 3.05) is 26.4 Å². The minimum atomic E-state index is -0.773. The smallest absolute Gasteiger partial charge is 0.310 e. The molecule has 1 radical (unpaired) electrons. The number of hydrogen-bond donors (Lipinski definition) is 3. The molecule has 2 unspecified atom stereocenters. The van der Waals surface area contributed by atoms with Gasteiger partial charge in [-0.1, -0.05) is 26.1 Å². The number of hydrazone groups is 1. The van der Waals surface area contributed by atoms with Crippen LogP contribution in [0.15, 0.2) is 23.3 Å². The number of benzene rings is 1. The maximum atomic E-state index is 13.2. The number of nitrogens with zero attached hydrogens (tertiary/aromatic N) is 1. The Morgan fingerprint density at radius 3 is 2.56 bits per heavy atom. The second kappa shape index (κ2) is 11.0. The molecular formula is C23H33N2O6Si. The summed E-state index contributed by atoms with van der Waals surface area (Å²) >= 11 is 0. The molecule has 1 aromatic carbocycles. The zero-order valence-electron chi connectivity index (χ0n) is 19.0. The number of hydrogen-bond acceptors (Lipinski definition) is 8. The number of carbonyl (C=O) groups excluding carboxylic acids is 2. The lowest BCUT2D eigenvalue weighted by atomic mass is 9.55. The Morgan fingerprint density at radius 2 is 1.88 bits per heavy atom. The monoisotopic (exact) mass is 461 g/mol. The van der Waals surface area contributed by atoms with E-state index in [-0.39, 0.29) is 37.4 Å². The Kier molecular flexibility index (Phi) is 8.30. The lowest BCUT2D eigenvalue weighted by molar-refractivity contribution is -0.163. The number of aromatic hydroxyl groups is 1. The Labute approximate surface area is 190 Å². The molecule has 8 nitrogen and oxygen atoms in total. The third-order valence-electron chi connectivity index (χ3n) is 6.06. The zero-order chi connectivity index (χ0) is 23.3. The van der Waals surface area contributed by atoms with E-state index in [9.17, 15) is 14.7 Å². The molecule has 32 heavy (non-hydrogen) atoms. The van der Waals surface area contributed by atoms with Gasteiger partial charge in [-0.3, -0.25) is 9.59 Å². The summed E-state index contributed by atoms with van der Waals surface area (Å²) in [6.45, 7) is 7.08. The van der Waals surface area contributed by atoms with Crippen LogP contribution in [0.4, 0.5) is 0 Å². The predicted octanol–water partition coefficient (Wildman–Crippen LogP) is 2.40. The van der Waals surface area contributed by atoms with Gasteiger partial charge in [-0.25, -0.2) is 0 Å². The van der Waals surface area contributed by atoms with Crippen LogP contribution in [0.3, 0.4) is 0 Å². The fraction of sp³-hybridized carbons (Fsp3) is 0.609. The summed E-state index contributed by atoms with van der Waals surface area (Å²) in [6.07, 6.45) is 1.17. The minimum absolute atomic E-state index is 0.0720. The van der Waals surface area contributed by atoms with E-state index in [4.69, 9.17) is 14.6 Å². The van der Waals surface area contributed by atoms with E-state index in [0.717, 1.165) is 22.9 Å². The third kappa shape index (κ3) is 5.15. The first kappa shape index (κ1) is 24.3. The molecule has 0 aromatic heterocycles. The van der Waals surface area contributed by atoms with E-state index in [2.05, 4.69) is 23.6 Å². The number of nitrogens with one attached hydrogen (secondary N) is 1. The molecule has 0 saturated heterocycles. The van der Waals surface area contributed by atoms with Crippen LogP contribution in [0.1, 0.15) is 42.7 Å². The summed E-state index contributed by atoms with van der Waals surface area (Å²) in [5, 5.41) is 23.7. The summed E-state index contributed by atoms with van der Waals surface area (Å²) in [5.41, 5.74) is 5.29. The van der Waals surface area contributed by atoms with Crippen molar-refractivity contribution in [3.05, 3.63) is 29.3 Å². The fourth-order valence-electron chi connectivity index (χ4n) is 4.66. The lowest BCUT2D eigenvalue weighted by Crippen LogP contribution is -2.51. The molecule has 2 bridgehead atoms. The number of ether oxygens (including phenoxy) is 2. The summed E-state index contributed by atoms with van der Waals surface area (Å²) in [6, 6.07) is 5.94. The highest BCUT2D eigenvalue weighted by molar-refractivity contribution is 6.55. The first-order chi connectivity index (χ1) is 15.4. The van der Waals surface area contributed by atoms with Crippen LogP contribution in [-0.4, -0.2) is 63.0 Å². The molecule has 0 heterocycles. The molecule has 1 saturated carbocycles. The number of rotatable bonds is 10. The minimum Gasteiger partial charge on any atom is -0.508 e. The normalized spacial score (nSPS) is 25.0. The maximum Gasteiger partial charge on any atom is 0.310 e. The van der Waals surface area contributed by atoms with Gasteiger partial charge in [0.25, 0.3) is 0 Å². The topological polar surface area (TPSA) is 117 Å². The lowest BCUT2D eigenvalue weighted by Gasteiger charge is -2.47. The highest BCUT2D eigenvalue weighted by Crippen LogP contribution is 2.55. The SMILES string of the molecule is CCCOC(=O)[C@@H]1C(C(=O)OCC[Si](C)C)C2C/C(=N\NCCO)[C@H]1c1cc(O)ccc12. The number of phenolic OH excluding ortho intramolecular Hbond substituents is 1. The van der Waals surface area contributed by atoms with E-state index >= 15 is 0 Å². The molecule has 0 spiro atoms. The Balaban J connectivity index is 2.01. The second-order valence-corrected chi connectivity index (χ2v) is 11.6. The summed E-state index contributed by atoms with van der Waals surface area (Å²) in [7, 11) is -0.530. The van der Waals surface area contributed by atoms with Crippen molar-refractivity contribution in [1.29, 1.82) is 0 Å². The van der Waals surface area contributed by atoms with Gasteiger partial charge in [0.2, 0.25) is 0 Å². The van der Waals surface area contributed by atoms with Crippen molar-refractivity contribution >= 4 is 26.4 Å². The molecule has 175 valence electrons. The van der Waals surface area contributed by atoms with Crippen LogP contribution in [0.5, 0.6) is 5.75 Å². The maximum absolute atomic E-state index is 13.2. The second-order valence-electron chi connectivity index (χ2n) is 8.68. The molecule has 9 heteroatoms. The third-order valence-corrected chi connectivity index (χ3v) is 7.26. The van der Waals surface area contributed by atoms with Gasteiger partial charge in [-0.2, -0.15) is 5.10 Å². The van der Waals surface area contributed by atoms with Gasteiger partial charge < -0.3 is 25.1 Å². The van der Waals surface area contributed by atoms with Crippen molar-refractivity contribution in [1.82, 2.24) is 5.43 Å². The molecule has 3 aliphatic rings. The quantitative estimate of drug-likeness (QED) is 0.212. The molecule has 3 N–H and O–H groups in total. The number of aliphatic hydroxyl groups is 1. The zero-order valence-corrected chi connectivity index (χ0v) is 20.0. The Hall–Kier alpha value is -2.39. The standard InChI is InChI=1S/C23H33N2O6Si/c1-4-9-30-23(29)21-19-16-12-14(27)5-6-15(16)17(13-18(19)25-24-7-8-26)20(21)22(28)31-10-11-32(2)3/h5-6,12,17,19-21,24,26-27H,4,7-11,13H2,1-3H3/b25-18+/t17?,19-,20?,21+/m1/s1. The highest BCUT2D eigenvalue weighted by Gasteiger charge is 2.57. The number of fused-ring (bicyclic) bond motifs is 2. The molecule has 4 atom stereocenters. The van der Waals surface area contributed by atoms with Gasteiger partial charge >= 0.3 is 11.9 Å². The average Bonchev–Trinajstić information content (AvgIpc) is 2.76. The van der Waals surface area contributed by atoms with Crippen LogP contribution >= 0.6 is 0 Å². The number of aliphatic hydroxyl groups excluding tert-OH is 1. The molecule has 4 rings (SSSR count). The molecule has 0 aliphatic heterocycles. The van der Waals surface area contributed by atoms with Crippen LogP contribution in [-0.2, 0) is 19.1 Å². The highest BCUT2D eigenvalue weighted by atomic mass is 28.3. The Bertz CT molecular complexity index is 859. The van der Waals surface area contributed by atoms with Crippen molar-refractivity contribution in [2.45, 2.75) is 50.7 Å². The van der Waals surface area contributed by atoms with Crippen molar-refractivity contribution in [3.8, 4) is 5.75 Å². The first-order valence-corrected chi connectivity index (χ1v) is 13.9. The summed E-state index contributed by atoms with van der Waals surface area (Å²) in [4.78, 5) is 26.5. The molecule has 3 aliphatic carbocycles. The van der Waals surface area contributed by atoms with Crippen molar-refractivity contribution < 1.29 is 29.3 Å². The number of carbonyl (C=O) groups is 2. The summed E-state index contributed by atoms with van der Waals surface area (Å²) < 4.78 is 11.1. The van der Waals surface area contributed by atoms with Gasteiger partial charge in [-0.05, 0) is 42.1 Å². The molecular weight excluding hydrogens is 428 g/mol. The van der Waals surface area contributed by atoms with Gasteiger partial charge in [0.15, 0.2) is 0 Å². The van der Waals surface area contributed by atoms with Crippen LogP contribution < -0.4 is 5.43 Å². The first-order valence-electron chi connectivity index (χ1n) is 11.2. The van der Waals surface area contributed by atoms with Crippen molar-refractivity contribution in [3.63, 3.8) is 0 Å². The van der Waals surface area contributed by atoms with E-state index in [1.807, 2.05) is 13.0 Å². The largest absolute Gasteiger partial charge is 0.508 e. The van der Waals surface area contributed by atoms with Gasteiger partial charge in [0.1, 0.15) is 5.75 Å².